The Balaban J connectivity index is 1.39. The minimum atomic E-state index is -0.287. The van der Waals surface area contributed by atoms with E-state index in [0.29, 0.717) is 5.75 Å². The molecule has 1 aliphatic carbocycles. The number of ether oxygens (including phenoxy) is 1. The van der Waals surface area contributed by atoms with Gasteiger partial charge in [-0.05, 0) is 49.3 Å². The molecule has 3 nitrogen and oxygen atoms in total. The molecule has 4 rings (SSSR count). The number of aromatic nitrogens is 1. The largest absolute Gasteiger partial charge is 0.487 e. The van der Waals surface area contributed by atoms with E-state index in [9.17, 15) is 4.39 Å². The van der Waals surface area contributed by atoms with Gasteiger partial charge in [0.15, 0.2) is 11.6 Å². The van der Waals surface area contributed by atoms with Crippen LogP contribution in [0.2, 0.25) is 0 Å². The zero-order valence-electron chi connectivity index (χ0n) is 14.1. The summed E-state index contributed by atoms with van der Waals surface area (Å²) in [7, 11) is 0. The van der Waals surface area contributed by atoms with E-state index in [-0.39, 0.29) is 11.9 Å². The van der Waals surface area contributed by atoms with Crippen LogP contribution < -0.4 is 4.74 Å². The smallest absolute Gasteiger partial charge is 0.165 e. The number of rotatable bonds is 3. The van der Waals surface area contributed by atoms with Gasteiger partial charge in [-0.2, -0.15) is 0 Å². The monoisotopic (exact) mass is 328 g/mol. The topological polar surface area (TPSA) is 25.4 Å². The second-order valence-corrected chi connectivity index (χ2v) is 7.15. The number of hydrogen-bond acceptors (Lipinski definition) is 3. The zero-order chi connectivity index (χ0) is 16.4. The van der Waals surface area contributed by atoms with E-state index in [2.05, 4.69) is 9.88 Å². The number of likely N-dealkylation sites (tertiary alicyclic amines) is 1. The fraction of sp³-hybridized carbons (Fsp3) is 0.550. The highest BCUT2D eigenvalue weighted by Crippen LogP contribution is 2.29. The van der Waals surface area contributed by atoms with Crippen LogP contribution in [0.3, 0.4) is 0 Å². The summed E-state index contributed by atoms with van der Waals surface area (Å²) in [6, 6.07) is 5.99. The van der Waals surface area contributed by atoms with Gasteiger partial charge in [0.05, 0.1) is 0 Å². The minimum Gasteiger partial charge on any atom is -0.487 e. The van der Waals surface area contributed by atoms with Crippen LogP contribution in [0.5, 0.6) is 5.75 Å². The van der Waals surface area contributed by atoms with Crippen molar-refractivity contribution in [2.45, 2.75) is 57.1 Å². The van der Waals surface area contributed by atoms with Crippen LogP contribution >= 0.6 is 0 Å². The molecule has 0 bridgehead atoms. The summed E-state index contributed by atoms with van der Waals surface area (Å²) in [4.78, 5) is 6.67. The average Bonchev–Trinajstić information content (AvgIpc) is 2.64. The van der Waals surface area contributed by atoms with E-state index in [1.54, 1.807) is 18.5 Å². The highest BCUT2D eigenvalue weighted by Gasteiger charge is 2.27. The first kappa shape index (κ1) is 15.8. The molecule has 0 unspecified atom stereocenters. The number of hydrogen-bond donors (Lipinski definition) is 0. The van der Waals surface area contributed by atoms with Crippen molar-refractivity contribution in [3.8, 4) is 5.75 Å². The van der Waals surface area contributed by atoms with Crippen LogP contribution in [0.4, 0.5) is 4.39 Å². The van der Waals surface area contributed by atoms with E-state index >= 15 is 0 Å². The fourth-order valence-electron chi connectivity index (χ4n) is 4.16. The van der Waals surface area contributed by atoms with E-state index < -0.39 is 0 Å². The molecule has 1 saturated carbocycles. The van der Waals surface area contributed by atoms with Crippen molar-refractivity contribution >= 4 is 10.8 Å². The SMILES string of the molecule is Fc1cc2cnccc2cc1OC1CCN(C2CCCCC2)CC1. The van der Waals surface area contributed by atoms with Crippen molar-refractivity contribution in [3.05, 3.63) is 36.4 Å². The Morgan fingerprint density at radius 1 is 1.00 bits per heavy atom. The molecule has 0 atom stereocenters. The van der Waals surface area contributed by atoms with Gasteiger partial charge in [0.2, 0.25) is 0 Å². The summed E-state index contributed by atoms with van der Waals surface area (Å²) in [6.45, 7) is 2.16. The Kier molecular flexibility index (Phi) is 4.65. The molecule has 0 amide bonds. The summed E-state index contributed by atoms with van der Waals surface area (Å²) in [6.07, 6.45) is 12.4. The Morgan fingerprint density at radius 3 is 2.58 bits per heavy atom. The summed E-state index contributed by atoms with van der Waals surface area (Å²) >= 11 is 0. The molecule has 2 fully saturated rings. The average molecular weight is 328 g/mol. The van der Waals surface area contributed by atoms with Crippen molar-refractivity contribution in [1.82, 2.24) is 9.88 Å². The number of pyridine rings is 1. The molecule has 2 heterocycles. The Bertz CT molecular complexity index is 691. The van der Waals surface area contributed by atoms with Gasteiger partial charge in [-0.1, -0.05) is 19.3 Å². The first-order valence-electron chi connectivity index (χ1n) is 9.23. The lowest BCUT2D eigenvalue weighted by molar-refractivity contribution is 0.0612. The summed E-state index contributed by atoms with van der Waals surface area (Å²) < 4.78 is 20.3. The standard InChI is InChI=1S/C20H25FN2O/c21-19-12-16-14-22-9-6-15(16)13-20(19)24-18-7-10-23(11-8-18)17-4-2-1-3-5-17/h6,9,12-14,17-18H,1-5,7-8,10-11H2. The highest BCUT2D eigenvalue weighted by atomic mass is 19.1. The Morgan fingerprint density at radius 2 is 1.79 bits per heavy atom. The van der Waals surface area contributed by atoms with Crippen molar-refractivity contribution in [3.63, 3.8) is 0 Å². The quantitative estimate of drug-likeness (QED) is 0.826. The third-order valence-electron chi connectivity index (χ3n) is 5.55. The van der Waals surface area contributed by atoms with Crippen LogP contribution in [-0.4, -0.2) is 35.1 Å². The number of nitrogens with zero attached hydrogens (tertiary/aromatic N) is 2. The first-order valence-corrected chi connectivity index (χ1v) is 9.23. The highest BCUT2D eigenvalue weighted by molar-refractivity contribution is 5.83. The number of fused-ring (bicyclic) bond motifs is 1. The van der Waals surface area contributed by atoms with Gasteiger partial charge in [-0.15, -0.1) is 0 Å². The van der Waals surface area contributed by atoms with Gasteiger partial charge in [0, 0.05) is 36.9 Å². The maximum atomic E-state index is 14.3. The van der Waals surface area contributed by atoms with E-state index in [1.165, 1.54) is 38.2 Å². The zero-order valence-corrected chi connectivity index (χ0v) is 14.1. The third-order valence-corrected chi connectivity index (χ3v) is 5.55. The molecule has 2 aliphatic rings. The van der Waals surface area contributed by atoms with Gasteiger partial charge in [0.1, 0.15) is 6.10 Å². The van der Waals surface area contributed by atoms with E-state index in [4.69, 9.17) is 4.74 Å². The molecule has 24 heavy (non-hydrogen) atoms. The fourth-order valence-corrected chi connectivity index (χ4v) is 4.16. The molecule has 1 aliphatic heterocycles. The minimum absolute atomic E-state index is 0.124. The van der Waals surface area contributed by atoms with Crippen molar-refractivity contribution in [2.75, 3.05) is 13.1 Å². The number of piperidine rings is 1. The second kappa shape index (κ2) is 7.06. The lowest BCUT2D eigenvalue weighted by Crippen LogP contribution is -2.44. The lowest BCUT2D eigenvalue weighted by Gasteiger charge is -2.39. The van der Waals surface area contributed by atoms with Crippen LogP contribution in [0, 0.1) is 5.82 Å². The Hall–Kier alpha value is -1.68. The molecule has 1 aromatic carbocycles. The molecule has 1 saturated heterocycles. The Labute approximate surface area is 142 Å². The predicted octanol–water partition coefficient (Wildman–Crippen LogP) is 4.55. The molecule has 0 radical (unpaired) electrons. The van der Waals surface area contributed by atoms with Crippen molar-refractivity contribution in [1.29, 1.82) is 0 Å². The van der Waals surface area contributed by atoms with Crippen LogP contribution in [0.1, 0.15) is 44.9 Å². The third kappa shape index (κ3) is 3.39. The maximum absolute atomic E-state index is 14.3. The normalized spacial score (nSPS) is 21.2. The summed E-state index contributed by atoms with van der Waals surface area (Å²) in [5.74, 6) is 0.0926. The molecule has 4 heteroatoms. The summed E-state index contributed by atoms with van der Waals surface area (Å²) in [5.41, 5.74) is 0. The summed E-state index contributed by atoms with van der Waals surface area (Å²) in [5, 5.41) is 1.79. The van der Waals surface area contributed by atoms with Crippen molar-refractivity contribution in [2.24, 2.45) is 0 Å². The predicted molar refractivity (Wildman–Crippen MR) is 93.8 cm³/mol. The van der Waals surface area contributed by atoms with Crippen LogP contribution in [0.25, 0.3) is 10.8 Å². The van der Waals surface area contributed by atoms with Gasteiger partial charge in [-0.3, -0.25) is 4.98 Å². The van der Waals surface area contributed by atoms with E-state index in [0.717, 1.165) is 42.7 Å². The van der Waals surface area contributed by atoms with Gasteiger partial charge < -0.3 is 9.64 Å². The van der Waals surface area contributed by atoms with Gasteiger partial charge in [-0.25, -0.2) is 4.39 Å². The molecule has 2 aromatic rings. The van der Waals surface area contributed by atoms with E-state index in [1.807, 2.05) is 6.07 Å². The van der Waals surface area contributed by atoms with Gasteiger partial charge in [0.25, 0.3) is 0 Å². The molecule has 0 spiro atoms. The maximum Gasteiger partial charge on any atom is 0.165 e. The lowest BCUT2D eigenvalue weighted by atomic mass is 9.92. The van der Waals surface area contributed by atoms with Gasteiger partial charge >= 0.3 is 0 Å². The second-order valence-electron chi connectivity index (χ2n) is 7.15. The molecular weight excluding hydrogens is 303 g/mol. The molecule has 1 aromatic heterocycles. The molecule has 128 valence electrons. The van der Waals surface area contributed by atoms with Crippen LogP contribution in [0.15, 0.2) is 30.6 Å². The number of halogens is 1. The molecular formula is C20H25FN2O. The first-order chi connectivity index (χ1) is 11.8. The van der Waals surface area contributed by atoms with Crippen molar-refractivity contribution < 1.29 is 9.13 Å². The van der Waals surface area contributed by atoms with Crippen LogP contribution in [-0.2, 0) is 0 Å². The molecule has 0 N–H and O–H groups in total. The number of benzene rings is 1.